The first kappa shape index (κ1) is 14.2. The van der Waals surface area contributed by atoms with Crippen LogP contribution in [0.5, 0.6) is 0 Å². The Balaban J connectivity index is 2.32. The molecule has 0 unspecified atom stereocenters. The maximum Gasteiger partial charge on any atom is 0.175 e. The van der Waals surface area contributed by atoms with E-state index in [9.17, 15) is 0 Å². The van der Waals surface area contributed by atoms with Crippen molar-refractivity contribution in [2.45, 2.75) is 32.6 Å². The van der Waals surface area contributed by atoms with Gasteiger partial charge in [0.1, 0.15) is 5.76 Å². The topological polar surface area (TPSA) is 52.0 Å². The van der Waals surface area contributed by atoms with Crippen LogP contribution in [0.15, 0.2) is 22.7 Å². The maximum absolute atomic E-state index is 6.04. The highest BCUT2D eigenvalue weighted by Crippen LogP contribution is 2.34. The Hall–Kier alpha value is -1.19. The number of nitrogens with two attached hydrogens (primary N) is 1. The quantitative estimate of drug-likeness (QED) is 0.793. The smallest absolute Gasteiger partial charge is 0.175 e. The highest BCUT2D eigenvalue weighted by molar-refractivity contribution is 6.42. The van der Waals surface area contributed by atoms with E-state index in [1.54, 1.807) is 12.1 Å². The molecule has 102 valence electrons. The second kappa shape index (κ2) is 6.31. The molecule has 1 aromatic carbocycles. The molecule has 1 aromatic heterocycles. The fourth-order valence-electron chi connectivity index (χ4n) is 2.01. The first-order valence-electron chi connectivity index (χ1n) is 6.33. The number of nitrogen functional groups attached to an aromatic ring is 1. The van der Waals surface area contributed by atoms with Crippen molar-refractivity contribution in [1.82, 2.24) is 5.16 Å². The molecule has 2 rings (SSSR count). The van der Waals surface area contributed by atoms with Gasteiger partial charge in [0.25, 0.3) is 0 Å². The largest absolute Gasteiger partial charge is 0.380 e. The van der Waals surface area contributed by atoms with Crippen LogP contribution in [-0.2, 0) is 6.42 Å². The second-order valence-corrected chi connectivity index (χ2v) is 5.27. The molecule has 5 heteroatoms. The van der Waals surface area contributed by atoms with E-state index in [0.29, 0.717) is 15.9 Å². The number of aromatic nitrogens is 1. The lowest BCUT2D eigenvalue weighted by Crippen LogP contribution is -1.91. The summed E-state index contributed by atoms with van der Waals surface area (Å²) >= 11 is 12.0. The summed E-state index contributed by atoms with van der Waals surface area (Å²) in [5.41, 5.74) is 7.60. The summed E-state index contributed by atoms with van der Waals surface area (Å²) in [4.78, 5) is 0. The number of nitrogens with zero attached hydrogens (tertiary/aromatic N) is 1. The van der Waals surface area contributed by atoms with Crippen LogP contribution >= 0.6 is 23.2 Å². The molecule has 2 aromatic rings. The molecular formula is C14H16Cl2N2O. The van der Waals surface area contributed by atoms with E-state index in [-0.39, 0.29) is 0 Å². The van der Waals surface area contributed by atoms with Crippen LogP contribution in [0.25, 0.3) is 11.1 Å². The Labute approximate surface area is 122 Å². The van der Waals surface area contributed by atoms with E-state index >= 15 is 0 Å². The van der Waals surface area contributed by atoms with Gasteiger partial charge in [-0.25, -0.2) is 0 Å². The summed E-state index contributed by atoms with van der Waals surface area (Å²) in [5.74, 6) is 1.20. The van der Waals surface area contributed by atoms with Crippen LogP contribution < -0.4 is 5.73 Å². The molecular weight excluding hydrogens is 283 g/mol. The van der Waals surface area contributed by atoms with Gasteiger partial charge < -0.3 is 10.3 Å². The highest BCUT2D eigenvalue weighted by Gasteiger charge is 2.16. The fraction of sp³-hybridized carbons (Fsp3) is 0.357. The van der Waals surface area contributed by atoms with E-state index in [4.69, 9.17) is 33.5 Å². The van der Waals surface area contributed by atoms with E-state index in [1.807, 2.05) is 6.07 Å². The average molecular weight is 299 g/mol. The number of rotatable bonds is 5. The van der Waals surface area contributed by atoms with E-state index in [2.05, 4.69) is 12.1 Å². The fourth-order valence-corrected chi connectivity index (χ4v) is 2.30. The summed E-state index contributed by atoms with van der Waals surface area (Å²) in [6.45, 7) is 2.16. The maximum atomic E-state index is 6.04. The van der Waals surface area contributed by atoms with Crippen molar-refractivity contribution in [2.24, 2.45) is 0 Å². The Morgan fingerprint density at radius 1 is 1.21 bits per heavy atom. The summed E-state index contributed by atoms with van der Waals surface area (Å²) in [7, 11) is 0. The monoisotopic (exact) mass is 298 g/mol. The standard InChI is InChI=1S/C14H16Cl2N2O/c1-2-3-4-5-12-13(14(17)18-19-12)9-6-7-10(15)11(16)8-9/h6-8H,2-5H2,1H3,(H2,17,18). The normalized spacial score (nSPS) is 10.9. The SMILES string of the molecule is CCCCCc1onc(N)c1-c1ccc(Cl)c(Cl)c1. The van der Waals surface area contributed by atoms with Crippen LogP contribution in [0.1, 0.15) is 31.9 Å². The molecule has 0 radical (unpaired) electrons. The molecule has 0 fully saturated rings. The van der Waals surface area contributed by atoms with E-state index in [0.717, 1.165) is 42.6 Å². The van der Waals surface area contributed by atoms with Crippen LogP contribution in [0.4, 0.5) is 5.82 Å². The first-order chi connectivity index (χ1) is 9.13. The van der Waals surface area contributed by atoms with Gasteiger partial charge in [-0.3, -0.25) is 0 Å². The van der Waals surface area contributed by atoms with E-state index < -0.39 is 0 Å². The van der Waals surface area contributed by atoms with Gasteiger partial charge >= 0.3 is 0 Å². The van der Waals surface area contributed by atoms with Crippen LogP contribution in [-0.4, -0.2) is 5.16 Å². The summed E-state index contributed by atoms with van der Waals surface area (Å²) < 4.78 is 5.32. The number of unbranched alkanes of at least 4 members (excludes halogenated alkanes) is 2. The van der Waals surface area contributed by atoms with Gasteiger partial charge in [0, 0.05) is 6.42 Å². The molecule has 3 nitrogen and oxygen atoms in total. The predicted octanol–water partition coefficient (Wildman–Crippen LogP) is 4.96. The molecule has 0 aliphatic rings. The number of aryl methyl sites for hydroxylation is 1. The minimum atomic E-state index is 0.393. The Kier molecular flexibility index (Phi) is 4.72. The zero-order valence-electron chi connectivity index (χ0n) is 10.7. The third-order valence-electron chi connectivity index (χ3n) is 3.00. The number of halogens is 2. The lowest BCUT2D eigenvalue weighted by atomic mass is 10.0. The highest BCUT2D eigenvalue weighted by atomic mass is 35.5. The van der Waals surface area contributed by atoms with Crippen LogP contribution in [0, 0.1) is 0 Å². The molecule has 0 atom stereocenters. The van der Waals surface area contributed by atoms with Crippen LogP contribution in [0.3, 0.4) is 0 Å². The molecule has 0 amide bonds. The minimum absolute atomic E-state index is 0.393. The van der Waals surface area contributed by atoms with Gasteiger partial charge in [-0.1, -0.05) is 54.2 Å². The summed E-state index contributed by atoms with van der Waals surface area (Å²) in [5, 5.41) is 4.87. The van der Waals surface area contributed by atoms with Crippen LogP contribution in [0.2, 0.25) is 10.0 Å². The molecule has 0 saturated heterocycles. The third-order valence-corrected chi connectivity index (χ3v) is 3.74. The molecule has 0 saturated carbocycles. The van der Waals surface area contributed by atoms with Gasteiger partial charge in [0.15, 0.2) is 5.82 Å². The van der Waals surface area contributed by atoms with Crippen molar-refractivity contribution in [3.63, 3.8) is 0 Å². The summed E-state index contributed by atoms with van der Waals surface area (Å²) in [6.07, 6.45) is 4.19. The first-order valence-corrected chi connectivity index (χ1v) is 7.08. The zero-order valence-corrected chi connectivity index (χ0v) is 12.3. The molecule has 0 bridgehead atoms. The third kappa shape index (κ3) is 3.23. The Bertz CT molecular complexity index is 567. The molecule has 0 aliphatic carbocycles. The van der Waals surface area contributed by atoms with Crippen molar-refractivity contribution >= 4 is 29.0 Å². The lowest BCUT2D eigenvalue weighted by Gasteiger charge is -2.04. The molecule has 0 aliphatic heterocycles. The number of hydrogen-bond acceptors (Lipinski definition) is 3. The van der Waals surface area contributed by atoms with Crippen molar-refractivity contribution in [3.05, 3.63) is 34.0 Å². The van der Waals surface area contributed by atoms with Crippen molar-refractivity contribution in [3.8, 4) is 11.1 Å². The minimum Gasteiger partial charge on any atom is -0.380 e. The molecule has 2 N–H and O–H groups in total. The summed E-state index contributed by atoms with van der Waals surface area (Å²) in [6, 6.07) is 5.41. The van der Waals surface area contributed by atoms with Gasteiger partial charge in [0.2, 0.25) is 0 Å². The Morgan fingerprint density at radius 3 is 2.68 bits per heavy atom. The lowest BCUT2D eigenvalue weighted by molar-refractivity contribution is 0.382. The van der Waals surface area contributed by atoms with Gasteiger partial charge in [-0.2, -0.15) is 0 Å². The van der Waals surface area contributed by atoms with Gasteiger partial charge in [0.05, 0.1) is 15.6 Å². The number of anilines is 1. The second-order valence-electron chi connectivity index (χ2n) is 4.45. The van der Waals surface area contributed by atoms with Crippen molar-refractivity contribution in [2.75, 3.05) is 5.73 Å². The number of benzene rings is 1. The van der Waals surface area contributed by atoms with E-state index in [1.165, 1.54) is 0 Å². The van der Waals surface area contributed by atoms with Gasteiger partial charge in [-0.15, -0.1) is 0 Å². The molecule has 1 heterocycles. The van der Waals surface area contributed by atoms with Gasteiger partial charge in [-0.05, 0) is 24.1 Å². The van der Waals surface area contributed by atoms with Crippen molar-refractivity contribution in [1.29, 1.82) is 0 Å². The molecule has 19 heavy (non-hydrogen) atoms. The Morgan fingerprint density at radius 2 is 2.00 bits per heavy atom. The number of hydrogen-bond donors (Lipinski definition) is 1. The predicted molar refractivity (Wildman–Crippen MR) is 79.6 cm³/mol. The van der Waals surface area contributed by atoms with Crippen molar-refractivity contribution < 1.29 is 4.52 Å². The zero-order chi connectivity index (χ0) is 13.8. The average Bonchev–Trinajstić information content (AvgIpc) is 2.75. The molecule has 0 spiro atoms.